The molecule has 1 atom stereocenters. The molecule has 0 aliphatic carbocycles. The van der Waals surface area contributed by atoms with Gasteiger partial charge in [-0.05, 0) is 19.1 Å². The van der Waals surface area contributed by atoms with E-state index in [9.17, 15) is 0 Å². The molecule has 1 aromatic carbocycles. The molecule has 6 heteroatoms. The van der Waals surface area contributed by atoms with Crippen molar-refractivity contribution in [3.05, 3.63) is 30.3 Å². The molecule has 0 radical (unpaired) electrons. The smallest absolute Gasteiger partial charge is 0.272 e. The zero-order valence-corrected chi connectivity index (χ0v) is 10.8. The van der Waals surface area contributed by atoms with E-state index in [-0.39, 0.29) is 0 Å². The maximum atomic E-state index is 5.75. The van der Waals surface area contributed by atoms with Crippen LogP contribution in [-0.2, 0) is 4.84 Å². The number of halogens is 3. The molecule has 78 valence electrons. The van der Waals surface area contributed by atoms with Crippen molar-refractivity contribution in [2.24, 2.45) is 0 Å². The van der Waals surface area contributed by atoms with Crippen LogP contribution in [0, 0.1) is 0 Å². The van der Waals surface area contributed by atoms with Gasteiger partial charge in [0.05, 0.1) is 5.69 Å². The second-order valence-corrected chi connectivity index (χ2v) is 11.8. The third-order valence-electron chi connectivity index (χ3n) is 1.59. The Balaban J connectivity index is 2.42. The topological polar surface area (TPSA) is 21.3 Å². The number of hydrogen-bond donors (Lipinski definition) is 1. The summed E-state index contributed by atoms with van der Waals surface area (Å²) < 4.78 is 0. The number of rotatable bonds is 4. The van der Waals surface area contributed by atoms with Crippen molar-refractivity contribution < 1.29 is 4.84 Å². The van der Waals surface area contributed by atoms with E-state index in [1.165, 1.54) is 0 Å². The first-order valence-electron chi connectivity index (χ1n) is 4.03. The average Bonchev–Trinajstić information content (AvgIpc) is 2.14. The summed E-state index contributed by atoms with van der Waals surface area (Å²) in [5.41, 5.74) is 3.17. The first kappa shape index (κ1) is 12.1. The maximum absolute atomic E-state index is 5.75. The Labute approximate surface area is 98.2 Å². The van der Waals surface area contributed by atoms with Crippen molar-refractivity contribution in [1.82, 2.24) is 0 Å². The number of para-hydroxylation sites is 1. The summed E-state index contributed by atoms with van der Waals surface area (Å²) in [5.74, 6) is 0. The Morgan fingerprint density at radius 2 is 1.79 bits per heavy atom. The van der Waals surface area contributed by atoms with Crippen molar-refractivity contribution in [3.8, 4) is 0 Å². The van der Waals surface area contributed by atoms with Crippen LogP contribution in [0.5, 0.6) is 0 Å². The van der Waals surface area contributed by atoms with Crippen LogP contribution >= 0.6 is 33.2 Å². The first-order chi connectivity index (χ1) is 6.50. The highest BCUT2D eigenvalue weighted by Gasteiger charge is 2.34. The lowest BCUT2D eigenvalue weighted by atomic mass is 10.3. The Morgan fingerprint density at radius 1 is 1.21 bits per heavy atom. The summed E-state index contributed by atoms with van der Waals surface area (Å²) in [4.78, 5) is 5.21. The summed E-state index contributed by atoms with van der Waals surface area (Å²) in [6.45, 7) is 1.73. The Kier molecular flexibility index (Phi) is 4.54. The van der Waals surface area contributed by atoms with E-state index in [0.717, 1.165) is 5.69 Å². The monoisotopic (exact) mass is 269 g/mol. The van der Waals surface area contributed by atoms with Crippen LogP contribution in [0.4, 0.5) is 5.69 Å². The first-order valence-corrected chi connectivity index (χ1v) is 9.15. The van der Waals surface area contributed by atoms with Crippen LogP contribution in [0.15, 0.2) is 30.3 Å². The highest BCUT2D eigenvalue weighted by Crippen LogP contribution is 2.26. The summed E-state index contributed by atoms with van der Waals surface area (Å²) >= 11 is 17.3. The van der Waals surface area contributed by atoms with E-state index in [1.807, 2.05) is 30.3 Å². The molecular formula is C8H10Cl3NOSi. The molecule has 0 fully saturated rings. The molecule has 0 saturated carbocycles. The molecule has 1 N–H and O–H groups in total. The van der Waals surface area contributed by atoms with Crippen molar-refractivity contribution in [1.29, 1.82) is 0 Å². The van der Waals surface area contributed by atoms with E-state index in [1.54, 1.807) is 6.92 Å². The molecule has 0 saturated heterocycles. The lowest BCUT2D eigenvalue weighted by Gasteiger charge is -2.18. The fourth-order valence-corrected chi connectivity index (χ4v) is 1.32. The fraction of sp³-hybridized carbons (Fsp3) is 0.250. The van der Waals surface area contributed by atoms with E-state index in [4.69, 9.17) is 38.1 Å². The quantitative estimate of drug-likeness (QED) is 0.513. The van der Waals surface area contributed by atoms with E-state index >= 15 is 0 Å². The lowest BCUT2D eigenvalue weighted by molar-refractivity contribution is 0.174. The normalized spacial score (nSPS) is 13.7. The Hall–Kier alpha value is 0.0669. The van der Waals surface area contributed by atoms with Crippen LogP contribution < -0.4 is 5.48 Å². The largest absolute Gasteiger partial charge is 0.371 e. The molecule has 14 heavy (non-hydrogen) atoms. The number of hydrogen-bond acceptors (Lipinski definition) is 2. The van der Waals surface area contributed by atoms with Crippen LogP contribution in [0.1, 0.15) is 6.92 Å². The number of benzene rings is 1. The lowest BCUT2D eigenvalue weighted by Crippen LogP contribution is -2.32. The van der Waals surface area contributed by atoms with Gasteiger partial charge in [0.1, 0.15) is 5.73 Å². The zero-order chi connectivity index (χ0) is 10.6. The van der Waals surface area contributed by atoms with Crippen molar-refractivity contribution in [3.63, 3.8) is 0 Å². The summed E-state index contributed by atoms with van der Waals surface area (Å²) in [5, 5.41) is 0. The second kappa shape index (κ2) is 5.23. The van der Waals surface area contributed by atoms with E-state index in [2.05, 4.69) is 5.48 Å². The minimum Gasteiger partial charge on any atom is -0.272 e. The molecule has 1 rings (SSSR count). The minimum atomic E-state index is -2.78. The van der Waals surface area contributed by atoms with Gasteiger partial charge in [0.25, 0.3) is 0 Å². The third kappa shape index (κ3) is 4.07. The van der Waals surface area contributed by atoms with E-state index in [0.29, 0.717) is 0 Å². The molecule has 0 spiro atoms. The van der Waals surface area contributed by atoms with Gasteiger partial charge in [-0.25, -0.2) is 0 Å². The average molecular weight is 271 g/mol. The predicted molar refractivity (Wildman–Crippen MR) is 63.9 cm³/mol. The summed E-state index contributed by atoms with van der Waals surface area (Å²) in [7, 11) is 0. The van der Waals surface area contributed by atoms with Gasteiger partial charge in [-0.1, -0.05) is 18.2 Å². The molecule has 0 aliphatic heterocycles. The second-order valence-electron chi connectivity index (χ2n) is 2.77. The van der Waals surface area contributed by atoms with Crippen LogP contribution in [0.25, 0.3) is 0 Å². The predicted octanol–water partition coefficient (Wildman–Crippen LogP) is 3.61. The summed E-state index contributed by atoms with van der Waals surface area (Å²) in [6.07, 6.45) is 0. The third-order valence-corrected chi connectivity index (χ3v) is 5.39. The Bertz CT molecular complexity index is 278. The van der Waals surface area contributed by atoms with E-state index < -0.39 is 11.7 Å². The number of anilines is 1. The van der Waals surface area contributed by atoms with Gasteiger partial charge in [-0.15, -0.1) is 33.2 Å². The van der Waals surface area contributed by atoms with Gasteiger partial charge in [0.2, 0.25) is 0 Å². The highest BCUT2D eigenvalue weighted by molar-refractivity contribution is 7.65. The molecule has 0 aliphatic rings. The van der Waals surface area contributed by atoms with Gasteiger partial charge in [-0.2, -0.15) is 0 Å². The molecule has 1 unspecified atom stereocenters. The van der Waals surface area contributed by atoms with Crippen LogP contribution in [0.3, 0.4) is 0 Å². The van der Waals surface area contributed by atoms with Crippen LogP contribution in [0.2, 0.25) is 0 Å². The highest BCUT2D eigenvalue weighted by atomic mass is 35.8. The molecule has 0 bridgehead atoms. The minimum absolute atomic E-state index is 0.396. The molecule has 0 amide bonds. The van der Waals surface area contributed by atoms with Gasteiger partial charge in [0, 0.05) is 0 Å². The molecule has 0 aromatic heterocycles. The fourth-order valence-electron chi connectivity index (χ4n) is 0.729. The molecule has 1 aromatic rings. The van der Waals surface area contributed by atoms with Crippen molar-refractivity contribution in [2.45, 2.75) is 12.7 Å². The molecule has 0 heterocycles. The van der Waals surface area contributed by atoms with Gasteiger partial charge < -0.3 is 0 Å². The maximum Gasteiger partial charge on any atom is 0.371 e. The van der Waals surface area contributed by atoms with Gasteiger partial charge >= 0.3 is 6.00 Å². The number of nitrogens with one attached hydrogen (secondary N) is 1. The summed E-state index contributed by atoms with van der Waals surface area (Å²) in [6, 6.07) is 6.65. The Morgan fingerprint density at radius 3 is 2.29 bits per heavy atom. The van der Waals surface area contributed by atoms with Crippen LogP contribution in [-0.4, -0.2) is 11.7 Å². The standard InChI is InChI=1S/C8H10Cl3NOSi/c1-7(14(9,10)11)13-12-8-5-3-2-4-6-8/h2-7,12H,1H3. The SMILES string of the molecule is CC(ONc1ccccc1)[Si](Cl)(Cl)Cl. The van der Waals surface area contributed by atoms with Gasteiger partial charge in [-0.3, -0.25) is 10.3 Å². The van der Waals surface area contributed by atoms with Crippen molar-refractivity contribution in [2.75, 3.05) is 5.48 Å². The van der Waals surface area contributed by atoms with Gasteiger partial charge in [0.15, 0.2) is 0 Å². The van der Waals surface area contributed by atoms with Crippen molar-refractivity contribution >= 4 is 44.9 Å². The zero-order valence-electron chi connectivity index (χ0n) is 7.51. The molecular weight excluding hydrogens is 261 g/mol. The molecule has 2 nitrogen and oxygen atoms in total.